The Kier molecular flexibility index (Phi) is 4.29. The second-order valence-electron chi connectivity index (χ2n) is 8.30. The molecule has 0 spiro atoms. The predicted molar refractivity (Wildman–Crippen MR) is 135 cm³/mol. The maximum absolute atomic E-state index is 6.49. The van der Waals surface area contributed by atoms with Crippen molar-refractivity contribution in [2.24, 2.45) is 0 Å². The molecule has 7 rings (SSSR count). The summed E-state index contributed by atoms with van der Waals surface area (Å²) in [7, 11) is 0. The van der Waals surface area contributed by atoms with E-state index in [1.807, 2.05) is 42.5 Å². The number of ether oxygens (including phenoxy) is 1. The molecule has 3 heterocycles. The Hall–Kier alpha value is -4.03. The van der Waals surface area contributed by atoms with Gasteiger partial charge in [0.25, 0.3) is 0 Å². The SMILES string of the molecule is Brc1ccccc1-c1nc2c3c(ncn2n1)Oc1c(ccc2ccccc12)C3c1ccccc1. The second kappa shape index (κ2) is 7.50. The fourth-order valence-corrected chi connectivity index (χ4v) is 5.26. The average Bonchev–Trinajstić information content (AvgIpc) is 3.32. The lowest BCUT2D eigenvalue weighted by Crippen LogP contribution is -2.15. The molecule has 0 radical (unpaired) electrons. The van der Waals surface area contributed by atoms with Crippen LogP contribution in [0.5, 0.6) is 11.6 Å². The molecule has 162 valence electrons. The minimum Gasteiger partial charge on any atom is -0.438 e. The quantitative estimate of drug-likeness (QED) is 0.254. The Morgan fingerprint density at radius 2 is 1.62 bits per heavy atom. The third kappa shape index (κ3) is 2.89. The fourth-order valence-electron chi connectivity index (χ4n) is 4.80. The van der Waals surface area contributed by atoms with Crippen molar-refractivity contribution in [1.82, 2.24) is 19.6 Å². The van der Waals surface area contributed by atoms with Crippen LogP contribution in [-0.2, 0) is 0 Å². The highest BCUT2D eigenvalue weighted by molar-refractivity contribution is 9.10. The van der Waals surface area contributed by atoms with E-state index in [1.165, 1.54) is 0 Å². The van der Waals surface area contributed by atoms with E-state index in [2.05, 4.69) is 69.4 Å². The van der Waals surface area contributed by atoms with Gasteiger partial charge in [-0.25, -0.2) is 14.5 Å². The average molecular weight is 505 g/mol. The monoisotopic (exact) mass is 504 g/mol. The van der Waals surface area contributed by atoms with Crippen LogP contribution in [0, 0.1) is 0 Å². The van der Waals surface area contributed by atoms with Gasteiger partial charge in [-0.1, -0.05) is 94.8 Å². The maximum atomic E-state index is 6.49. The van der Waals surface area contributed by atoms with Crippen LogP contribution in [0.1, 0.15) is 22.6 Å². The first kappa shape index (κ1) is 19.4. The number of halogens is 1. The summed E-state index contributed by atoms with van der Waals surface area (Å²) in [5, 5.41) is 6.95. The van der Waals surface area contributed by atoms with Gasteiger partial charge in [0, 0.05) is 26.9 Å². The molecular weight excluding hydrogens is 488 g/mol. The first-order chi connectivity index (χ1) is 16.8. The van der Waals surface area contributed by atoms with Crippen LogP contribution < -0.4 is 4.74 Å². The summed E-state index contributed by atoms with van der Waals surface area (Å²) >= 11 is 3.63. The summed E-state index contributed by atoms with van der Waals surface area (Å²) in [5.41, 5.74) is 4.84. The molecule has 0 saturated carbocycles. The zero-order valence-electron chi connectivity index (χ0n) is 17.9. The van der Waals surface area contributed by atoms with Gasteiger partial charge in [-0.15, -0.1) is 5.10 Å². The van der Waals surface area contributed by atoms with E-state index < -0.39 is 0 Å². The number of hydrogen-bond acceptors (Lipinski definition) is 4. The van der Waals surface area contributed by atoms with E-state index in [9.17, 15) is 0 Å². The van der Waals surface area contributed by atoms with Crippen LogP contribution in [-0.4, -0.2) is 19.6 Å². The molecular formula is C28H17BrN4O. The summed E-state index contributed by atoms with van der Waals surface area (Å²) in [6.45, 7) is 0. The highest BCUT2D eigenvalue weighted by Gasteiger charge is 2.34. The van der Waals surface area contributed by atoms with E-state index in [4.69, 9.17) is 14.8 Å². The van der Waals surface area contributed by atoms with E-state index in [-0.39, 0.29) is 5.92 Å². The van der Waals surface area contributed by atoms with Gasteiger partial charge in [0.2, 0.25) is 5.88 Å². The van der Waals surface area contributed by atoms with Gasteiger partial charge in [0.15, 0.2) is 11.5 Å². The first-order valence-electron chi connectivity index (χ1n) is 11.0. The third-order valence-corrected chi connectivity index (χ3v) is 7.03. The van der Waals surface area contributed by atoms with Crippen molar-refractivity contribution in [3.63, 3.8) is 0 Å². The van der Waals surface area contributed by atoms with E-state index in [0.717, 1.165) is 48.9 Å². The molecule has 1 aliphatic rings. The molecule has 1 atom stereocenters. The van der Waals surface area contributed by atoms with E-state index >= 15 is 0 Å². The van der Waals surface area contributed by atoms with Gasteiger partial charge < -0.3 is 4.74 Å². The second-order valence-corrected chi connectivity index (χ2v) is 9.15. The van der Waals surface area contributed by atoms with Gasteiger partial charge in [-0.2, -0.15) is 0 Å². The van der Waals surface area contributed by atoms with Crippen molar-refractivity contribution in [3.8, 4) is 23.0 Å². The number of nitrogens with zero attached hydrogens (tertiary/aromatic N) is 4. The number of rotatable bonds is 2. The zero-order chi connectivity index (χ0) is 22.6. The van der Waals surface area contributed by atoms with Gasteiger partial charge >= 0.3 is 0 Å². The lowest BCUT2D eigenvalue weighted by Gasteiger charge is -2.28. The maximum Gasteiger partial charge on any atom is 0.228 e. The van der Waals surface area contributed by atoms with Crippen molar-refractivity contribution >= 4 is 32.3 Å². The molecule has 4 aromatic carbocycles. The predicted octanol–water partition coefficient (Wildman–Crippen LogP) is 6.99. The van der Waals surface area contributed by atoms with Crippen LogP contribution >= 0.6 is 15.9 Å². The Balaban J connectivity index is 1.53. The Labute approximate surface area is 203 Å². The van der Waals surface area contributed by atoms with Crippen LogP contribution in [0.4, 0.5) is 0 Å². The molecule has 0 fully saturated rings. The van der Waals surface area contributed by atoms with Gasteiger partial charge in [0.05, 0.1) is 5.56 Å². The lowest BCUT2D eigenvalue weighted by molar-refractivity contribution is 0.437. The topological polar surface area (TPSA) is 52.3 Å². The molecule has 1 unspecified atom stereocenters. The fraction of sp³-hybridized carbons (Fsp3) is 0.0357. The minimum atomic E-state index is -0.0861. The van der Waals surface area contributed by atoms with Crippen LogP contribution in [0.25, 0.3) is 27.8 Å². The Morgan fingerprint density at radius 3 is 2.50 bits per heavy atom. The molecule has 0 amide bonds. The number of benzene rings is 4. The molecule has 6 aromatic rings. The summed E-state index contributed by atoms with van der Waals surface area (Å²) in [6.07, 6.45) is 1.68. The molecule has 0 aliphatic carbocycles. The summed E-state index contributed by atoms with van der Waals surface area (Å²) < 4.78 is 9.18. The van der Waals surface area contributed by atoms with Gasteiger partial charge in [0.1, 0.15) is 12.1 Å². The molecule has 34 heavy (non-hydrogen) atoms. The standard InChI is InChI=1S/C28H17BrN4O/c29-22-13-7-6-12-20(22)26-31-27-24-23(18-9-2-1-3-10-18)21-15-14-17-8-4-5-11-19(17)25(21)34-28(24)30-16-33(27)32-26/h1-16,23H. The lowest BCUT2D eigenvalue weighted by atomic mass is 9.83. The Morgan fingerprint density at radius 1 is 0.824 bits per heavy atom. The third-order valence-electron chi connectivity index (χ3n) is 6.34. The number of aromatic nitrogens is 4. The molecule has 0 bridgehead atoms. The van der Waals surface area contributed by atoms with Crippen molar-refractivity contribution in [1.29, 1.82) is 0 Å². The number of fused-ring (bicyclic) bond motifs is 6. The van der Waals surface area contributed by atoms with Crippen LogP contribution in [0.3, 0.4) is 0 Å². The van der Waals surface area contributed by atoms with Gasteiger partial charge in [-0.05, 0) is 23.1 Å². The van der Waals surface area contributed by atoms with Crippen molar-refractivity contribution in [2.75, 3.05) is 0 Å². The molecule has 2 aromatic heterocycles. The Bertz CT molecular complexity index is 1710. The van der Waals surface area contributed by atoms with Gasteiger partial charge in [-0.3, -0.25) is 0 Å². The molecule has 6 heteroatoms. The summed E-state index contributed by atoms with van der Waals surface area (Å²) in [4.78, 5) is 9.65. The van der Waals surface area contributed by atoms with Crippen LogP contribution in [0.15, 0.2) is 102 Å². The molecule has 0 N–H and O–H groups in total. The smallest absolute Gasteiger partial charge is 0.228 e. The highest BCUT2D eigenvalue weighted by atomic mass is 79.9. The van der Waals surface area contributed by atoms with E-state index in [1.54, 1.807) is 10.8 Å². The largest absolute Gasteiger partial charge is 0.438 e. The van der Waals surface area contributed by atoms with Crippen molar-refractivity contribution in [2.45, 2.75) is 5.92 Å². The molecule has 5 nitrogen and oxygen atoms in total. The molecule has 0 saturated heterocycles. The summed E-state index contributed by atoms with van der Waals surface area (Å²) in [5.74, 6) is 1.97. The minimum absolute atomic E-state index is 0.0861. The van der Waals surface area contributed by atoms with Crippen molar-refractivity contribution < 1.29 is 4.74 Å². The van der Waals surface area contributed by atoms with Crippen LogP contribution in [0.2, 0.25) is 0 Å². The highest BCUT2D eigenvalue weighted by Crippen LogP contribution is 2.50. The normalized spacial score (nSPS) is 14.6. The zero-order valence-corrected chi connectivity index (χ0v) is 19.5. The molecule has 1 aliphatic heterocycles. The number of hydrogen-bond donors (Lipinski definition) is 0. The summed E-state index contributed by atoms with van der Waals surface area (Å²) in [6, 6.07) is 31.0. The van der Waals surface area contributed by atoms with Crippen molar-refractivity contribution in [3.05, 3.63) is 118 Å². The van der Waals surface area contributed by atoms with E-state index in [0.29, 0.717) is 11.7 Å². The first-order valence-corrected chi connectivity index (χ1v) is 11.8.